The minimum atomic E-state index is -0.360. The molecule has 0 aliphatic rings. The Balaban J connectivity index is 2.00. The molecule has 1 rings (SSSR count). The molecular formula is C19H28O6. The molecule has 140 valence electrons. The van der Waals surface area contributed by atoms with Gasteiger partial charge in [0.1, 0.15) is 12.4 Å². The fourth-order valence-corrected chi connectivity index (χ4v) is 2.01. The zero-order valence-corrected chi connectivity index (χ0v) is 15.1. The number of hydrogen-bond acceptors (Lipinski definition) is 6. The van der Waals surface area contributed by atoms with E-state index in [0.29, 0.717) is 25.4 Å². The summed E-state index contributed by atoms with van der Waals surface area (Å²) in [5.41, 5.74) is 0.500. The lowest BCUT2D eigenvalue weighted by Crippen LogP contribution is -2.14. The Labute approximate surface area is 149 Å². The quantitative estimate of drug-likeness (QED) is 0.400. The molecule has 25 heavy (non-hydrogen) atoms. The maximum atomic E-state index is 11.3. The van der Waals surface area contributed by atoms with E-state index in [-0.39, 0.29) is 18.5 Å². The predicted octanol–water partition coefficient (Wildman–Crippen LogP) is 3.38. The molecule has 0 aliphatic carbocycles. The summed E-state index contributed by atoms with van der Waals surface area (Å²) in [5.74, 6) is 0.0618. The summed E-state index contributed by atoms with van der Waals surface area (Å²) in [5, 5.41) is 0. The SMILES string of the molecule is CCCCOC(=O)COCCCCCOc1ccc(C(=O)OC)cc1. The number of esters is 2. The Morgan fingerprint density at radius 1 is 0.920 bits per heavy atom. The predicted molar refractivity (Wildman–Crippen MR) is 93.8 cm³/mol. The van der Waals surface area contributed by atoms with Gasteiger partial charge in [-0.1, -0.05) is 13.3 Å². The fourth-order valence-electron chi connectivity index (χ4n) is 2.01. The summed E-state index contributed by atoms with van der Waals surface area (Å²) >= 11 is 0. The topological polar surface area (TPSA) is 71.1 Å². The van der Waals surface area contributed by atoms with Gasteiger partial charge >= 0.3 is 11.9 Å². The van der Waals surface area contributed by atoms with Crippen LogP contribution in [0.5, 0.6) is 5.75 Å². The first kappa shape index (κ1) is 21.0. The number of methoxy groups -OCH3 is 1. The third-order valence-corrected chi connectivity index (χ3v) is 3.46. The van der Waals surface area contributed by atoms with E-state index in [1.165, 1.54) is 7.11 Å². The maximum absolute atomic E-state index is 11.3. The van der Waals surface area contributed by atoms with Gasteiger partial charge in [0.15, 0.2) is 0 Å². The van der Waals surface area contributed by atoms with Crippen LogP contribution in [-0.4, -0.2) is 45.5 Å². The van der Waals surface area contributed by atoms with Gasteiger partial charge in [0.05, 0.1) is 25.9 Å². The van der Waals surface area contributed by atoms with Gasteiger partial charge in [-0.2, -0.15) is 0 Å². The molecule has 0 atom stereocenters. The minimum Gasteiger partial charge on any atom is -0.494 e. The zero-order chi connectivity index (χ0) is 18.3. The lowest BCUT2D eigenvalue weighted by Gasteiger charge is -2.07. The van der Waals surface area contributed by atoms with Crippen molar-refractivity contribution in [2.75, 3.05) is 33.5 Å². The molecule has 0 amide bonds. The molecule has 1 aromatic rings. The van der Waals surface area contributed by atoms with Crippen LogP contribution in [0.25, 0.3) is 0 Å². The van der Waals surface area contributed by atoms with Crippen molar-refractivity contribution in [1.29, 1.82) is 0 Å². The summed E-state index contributed by atoms with van der Waals surface area (Å²) in [6.45, 7) is 3.67. The Morgan fingerprint density at radius 2 is 1.64 bits per heavy atom. The summed E-state index contributed by atoms with van der Waals surface area (Å²) < 4.78 is 20.5. The molecule has 0 aromatic heterocycles. The first-order chi connectivity index (χ1) is 12.2. The summed E-state index contributed by atoms with van der Waals surface area (Å²) in [6.07, 6.45) is 4.60. The Kier molecular flexibility index (Phi) is 11.1. The molecular weight excluding hydrogens is 324 g/mol. The third kappa shape index (κ3) is 9.72. The van der Waals surface area contributed by atoms with Gasteiger partial charge in [-0.25, -0.2) is 9.59 Å². The minimum absolute atomic E-state index is 0.0206. The van der Waals surface area contributed by atoms with Gasteiger partial charge in [0, 0.05) is 6.61 Å². The van der Waals surface area contributed by atoms with E-state index < -0.39 is 0 Å². The lowest BCUT2D eigenvalue weighted by atomic mass is 10.2. The monoisotopic (exact) mass is 352 g/mol. The highest BCUT2D eigenvalue weighted by molar-refractivity contribution is 5.89. The number of ether oxygens (including phenoxy) is 4. The molecule has 1 aromatic carbocycles. The van der Waals surface area contributed by atoms with Gasteiger partial charge in [0.2, 0.25) is 0 Å². The number of carbonyl (C=O) groups excluding carboxylic acids is 2. The molecule has 0 heterocycles. The zero-order valence-electron chi connectivity index (χ0n) is 15.1. The van der Waals surface area contributed by atoms with Crippen LogP contribution in [0, 0.1) is 0 Å². The average molecular weight is 352 g/mol. The van der Waals surface area contributed by atoms with E-state index in [4.69, 9.17) is 14.2 Å². The van der Waals surface area contributed by atoms with E-state index >= 15 is 0 Å². The highest BCUT2D eigenvalue weighted by Crippen LogP contribution is 2.13. The van der Waals surface area contributed by atoms with Crippen molar-refractivity contribution in [1.82, 2.24) is 0 Å². The largest absolute Gasteiger partial charge is 0.494 e. The van der Waals surface area contributed by atoms with Crippen LogP contribution in [0.3, 0.4) is 0 Å². The van der Waals surface area contributed by atoms with Crippen molar-refractivity contribution in [3.8, 4) is 5.75 Å². The van der Waals surface area contributed by atoms with Crippen LogP contribution in [0.15, 0.2) is 24.3 Å². The maximum Gasteiger partial charge on any atom is 0.337 e. The van der Waals surface area contributed by atoms with Gasteiger partial charge in [-0.05, 0) is 49.9 Å². The highest BCUT2D eigenvalue weighted by atomic mass is 16.6. The van der Waals surface area contributed by atoms with Crippen LogP contribution in [0.2, 0.25) is 0 Å². The smallest absolute Gasteiger partial charge is 0.337 e. The molecule has 6 heteroatoms. The molecule has 0 spiro atoms. The summed E-state index contributed by atoms with van der Waals surface area (Å²) in [4.78, 5) is 22.6. The first-order valence-corrected chi connectivity index (χ1v) is 8.72. The first-order valence-electron chi connectivity index (χ1n) is 8.72. The highest BCUT2D eigenvalue weighted by Gasteiger charge is 2.05. The second-order valence-corrected chi connectivity index (χ2v) is 5.55. The van der Waals surface area contributed by atoms with Crippen molar-refractivity contribution in [2.45, 2.75) is 39.0 Å². The molecule has 0 unspecified atom stereocenters. The van der Waals surface area contributed by atoms with E-state index in [1.54, 1.807) is 24.3 Å². The number of unbranched alkanes of at least 4 members (excludes halogenated alkanes) is 3. The summed E-state index contributed by atoms with van der Waals surface area (Å²) in [7, 11) is 1.35. The van der Waals surface area contributed by atoms with E-state index in [2.05, 4.69) is 4.74 Å². The second kappa shape index (κ2) is 13.2. The number of carbonyl (C=O) groups is 2. The van der Waals surface area contributed by atoms with Crippen molar-refractivity contribution < 1.29 is 28.5 Å². The van der Waals surface area contributed by atoms with Crippen molar-refractivity contribution in [3.05, 3.63) is 29.8 Å². The van der Waals surface area contributed by atoms with Gasteiger partial charge < -0.3 is 18.9 Å². The van der Waals surface area contributed by atoms with E-state index in [9.17, 15) is 9.59 Å². The van der Waals surface area contributed by atoms with Gasteiger partial charge in [0.25, 0.3) is 0 Å². The Morgan fingerprint density at radius 3 is 2.32 bits per heavy atom. The fraction of sp³-hybridized carbons (Fsp3) is 0.579. The molecule has 0 fully saturated rings. The molecule has 0 saturated carbocycles. The van der Waals surface area contributed by atoms with Crippen LogP contribution < -0.4 is 4.74 Å². The summed E-state index contributed by atoms with van der Waals surface area (Å²) in [6, 6.07) is 6.85. The van der Waals surface area contributed by atoms with Crippen LogP contribution >= 0.6 is 0 Å². The standard InChI is InChI=1S/C19H28O6/c1-3-4-13-25-18(20)15-23-12-6-5-7-14-24-17-10-8-16(9-11-17)19(21)22-2/h8-11H,3-7,12-15H2,1-2H3. The number of benzene rings is 1. The van der Waals surface area contributed by atoms with Crippen LogP contribution in [0.1, 0.15) is 49.4 Å². The molecule has 0 N–H and O–H groups in total. The number of rotatable bonds is 13. The normalized spacial score (nSPS) is 10.3. The third-order valence-electron chi connectivity index (χ3n) is 3.46. The van der Waals surface area contributed by atoms with Crippen molar-refractivity contribution in [3.63, 3.8) is 0 Å². The molecule has 0 bridgehead atoms. The van der Waals surface area contributed by atoms with Gasteiger partial charge in [-0.3, -0.25) is 0 Å². The van der Waals surface area contributed by atoms with Gasteiger partial charge in [-0.15, -0.1) is 0 Å². The average Bonchev–Trinajstić information content (AvgIpc) is 2.64. The molecule has 0 saturated heterocycles. The Hall–Kier alpha value is -2.08. The van der Waals surface area contributed by atoms with Crippen molar-refractivity contribution in [2.24, 2.45) is 0 Å². The van der Waals surface area contributed by atoms with Crippen molar-refractivity contribution >= 4 is 11.9 Å². The molecule has 0 aliphatic heterocycles. The van der Waals surface area contributed by atoms with E-state index in [1.807, 2.05) is 6.92 Å². The van der Waals surface area contributed by atoms with Crippen LogP contribution in [0.4, 0.5) is 0 Å². The molecule has 0 radical (unpaired) electrons. The molecule has 6 nitrogen and oxygen atoms in total. The lowest BCUT2D eigenvalue weighted by molar-refractivity contribution is -0.149. The van der Waals surface area contributed by atoms with E-state index in [0.717, 1.165) is 37.9 Å². The second-order valence-electron chi connectivity index (χ2n) is 5.55. The Bertz CT molecular complexity index is 497. The van der Waals surface area contributed by atoms with Crippen LogP contribution in [-0.2, 0) is 19.0 Å². The number of hydrogen-bond donors (Lipinski definition) is 0.